The molecule has 2 aromatic heterocycles. The topological polar surface area (TPSA) is 117 Å². The zero-order chi connectivity index (χ0) is 28.8. The summed E-state index contributed by atoms with van der Waals surface area (Å²) in [5.41, 5.74) is 2.50. The number of methoxy groups -OCH3 is 1. The molecular formula is C30H27N3O6S. The first-order chi connectivity index (χ1) is 19.0. The van der Waals surface area contributed by atoms with Crippen LogP contribution in [0.2, 0.25) is 0 Å². The van der Waals surface area contributed by atoms with Crippen molar-refractivity contribution >= 4 is 29.1 Å². The van der Waals surface area contributed by atoms with E-state index in [1.165, 1.54) is 29.1 Å². The van der Waals surface area contributed by atoms with Gasteiger partial charge in [-0.1, -0.05) is 68.5 Å². The number of nitrogens with zero attached hydrogens (tertiary/aromatic N) is 3. The lowest BCUT2D eigenvalue weighted by Gasteiger charge is -2.25. The van der Waals surface area contributed by atoms with Gasteiger partial charge in [-0.25, -0.2) is 9.79 Å². The third-order valence-electron chi connectivity index (χ3n) is 6.79. The molecule has 1 aliphatic heterocycles. The van der Waals surface area contributed by atoms with E-state index >= 15 is 0 Å². The van der Waals surface area contributed by atoms with Gasteiger partial charge < -0.3 is 9.15 Å². The van der Waals surface area contributed by atoms with E-state index in [1.807, 2.05) is 24.3 Å². The zero-order valence-corrected chi connectivity index (χ0v) is 23.4. The Bertz CT molecular complexity index is 1850. The summed E-state index contributed by atoms with van der Waals surface area (Å²) in [4.78, 5) is 42.7. The molecule has 9 nitrogen and oxygen atoms in total. The van der Waals surface area contributed by atoms with Crippen LogP contribution >= 0.6 is 11.3 Å². The van der Waals surface area contributed by atoms with E-state index in [9.17, 15) is 19.7 Å². The Hall–Kier alpha value is -4.57. The summed E-state index contributed by atoms with van der Waals surface area (Å²) in [5, 5.41) is 11.5. The molecule has 1 aliphatic rings. The van der Waals surface area contributed by atoms with Gasteiger partial charge in [-0.05, 0) is 41.7 Å². The molecule has 0 saturated carbocycles. The van der Waals surface area contributed by atoms with E-state index < -0.39 is 16.9 Å². The maximum atomic E-state index is 13.8. The molecule has 5 rings (SSSR count). The van der Waals surface area contributed by atoms with Gasteiger partial charge in [0.2, 0.25) is 0 Å². The van der Waals surface area contributed by atoms with Crippen molar-refractivity contribution < 1.29 is 18.9 Å². The number of nitro groups is 1. The van der Waals surface area contributed by atoms with Gasteiger partial charge in [-0.2, -0.15) is 0 Å². The van der Waals surface area contributed by atoms with Gasteiger partial charge in [0.25, 0.3) is 11.2 Å². The number of fused-ring (bicyclic) bond motifs is 1. The van der Waals surface area contributed by atoms with Crippen molar-refractivity contribution in [2.24, 2.45) is 4.99 Å². The number of carbonyl (C=O) groups is 1. The smallest absolute Gasteiger partial charge is 0.338 e. The van der Waals surface area contributed by atoms with Gasteiger partial charge in [-0.3, -0.25) is 19.5 Å². The van der Waals surface area contributed by atoms with Gasteiger partial charge in [0.15, 0.2) is 4.80 Å². The molecule has 0 radical (unpaired) electrons. The Morgan fingerprint density at radius 3 is 2.48 bits per heavy atom. The van der Waals surface area contributed by atoms with Crippen molar-refractivity contribution in [1.29, 1.82) is 0 Å². The number of hydrogen-bond donors (Lipinski definition) is 0. The summed E-state index contributed by atoms with van der Waals surface area (Å²) in [7, 11) is 1.30. The SMILES string of the molecule is COC(=O)C1=C(C)N=c2s/c(=C/c3ccc(-c4ccccc4[N+](=O)[O-])o3)c(=O)n2[C@H]1c1ccc(C(C)(C)C)cc1. The number of allylic oxidation sites excluding steroid dienone is 1. The van der Waals surface area contributed by atoms with E-state index in [0.717, 1.165) is 11.1 Å². The summed E-state index contributed by atoms with van der Waals surface area (Å²) < 4.78 is 12.8. The van der Waals surface area contributed by atoms with Crippen molar-refractivity contribution in [3.63, 3.8) is 0 Å². The maximum absolute atomic E-state index is 13.8. The van der Waals surface area contributed by atoms with Crippen LogP contribution in [0.4, 0.5) is 5.69 Å². The average Bonchev–Trinajstić information content (AvgIpc) is 3.51. The lowest BCUT2D eigenvalue weighted by Crippen LogP contribution is -2.39. The molecule has 0 spiro atoms. The van der Waals surface area contributed by atoms with Gasteiger partial charge >= 0.3 is 5.97 Å². The molecule has 0 fully saturated rings. The van der Waals surface area contributed by atoms with Crippen LogP contribution in [-0.2, 0) is 14.9 Å². The zero-order valence-electron chi connectivity index (χ0n) is 22.6. The number of nitro benzene ring substituents is 1. The van der Waals surface area contributed by atoms with Crippen molar-refractivity contribution in [3.8, 4) is 11.3 Å². The van der Waals surface area contributed by atoms with E-state index in [2.05, 4.69) is 25.8 Å². The second-order valence-electron chi connectivity index (χ2n) is 10.4. The second-order valence-corrected chi connectivity index (χ2v) is 11.4. The van der Waals surface area contributed by atoms with Crippen molar-refractivity contribution in [3.05, 3.63) is 119 Å². The number of furan rings is 1. The van der Waals surface area contributed by atoms with Crippen molar-refractivity contribution in [2.45, 2.75) is 39.2 Å². The summed E-state index contributed by atoms with van der Waals surface area (Å²) in [6.07, 6.45) is 1.58. The normalized spacial score (nSPS) is 15.5. The van der Waals surface area contributed by atoms with E-state index in [1.54, 1.807) is 43.3 Å². The van der Waals surface area contributed by atoms with Crippen LogP contribution in [0.1, 0.15) is 50.6 Å². The van der Waals surface area contributed by atoms with Crippen molar-refractivity contribution in [2.75, 3.05) is 7.11 Å². The number of esters is 1. The van der Waals surface area contributed by atoms with Gasteiger partial charge in [-0.15, -0.1) is 0 Å². The first kappa shape index (κ1) is 27.0. The Balaban J connectivity index is 1.63. The fraction of sp³-hybridized carbons (Fsp3) is 0.233. The number of carbonyl (C=O) groups excluding carboxylic acids is 1. The molecule has 0 aliphatic carbocycles. The standard InChI is InChI=1S/C30H27N3O6S/c1-17-25(28(35)38-5)26(18-10-12-19(13-11-18)30(2,3)4)32-27(34)24(40-29(32)31-17)16-20-14-15-23(39-20)21-8-6-7-9-22(21)33(36)37/h6-16,26H,1-5H3/b24-16+/t26-/m0/s1. The van der Waals surface area contributed by atoms with Crippen LogP contribution in [0.25, 0.3) is 17.4 Å². The highest BCUT2D eigenvalue weighted by Crippen LogP contribution is 2.33. The molecule has 1 atom stereocenters. The minimum atomic E-state index is -0.723. The molecular weight excluding hydrogens is 530 g/mol. The molecule has 2 aromatic carbocycles. The van der Waals surface area contributed by atoms with Crippen LogP contribution in [-0.4, -0.2) is 22.6 Å². The molecule has 0 N–H and O–H groups in total. The number of benzene rings is 2. The molecule has 10 heteroatoms. The van der Waals surface area contributed by atoms with Crippen LogP contribution in [0, 0.1) is 10.1 Å². The van der Waals surface area contributed by atoms with Crippen LogP contribution in [0.3, 0.4) is 0 Å². The predicted molar refractivity (Wildman–Crippen MR) is 152 cm³/mol. The first-order valence-electron chi connectivity index (χ1n) is 12.5. The molecule has 0 unspecified atom stereocenters. The quantitative estimate of drug-likeness (QED) is 0.196. The van der Waals surface area contributed by atoms with Gasteiger partial charge in [0.05, 0.1) is 39.4 Å². The van der Waals surface area contributed by atoms with Crippen LogP contribution in [0.5, 0.6) is 0 Å². The Morgan fingerprint density at radius 2 is 1.82 bits per heavy atom. The highest BCUT2D eigenvalue weighted by Gasteiger charge is 2.33. The number of hydrogen-bond acceptors (Lipinski definition) is 8. The summed E-state index contributed by atoms with van der Waals surface area (Å²) in [5.74, 6) is 0.112. The van der Waals surface area contributed by atoms with E-state index in [-0.39, 0.29) is 16.7 Å². The van der Waals surface area contributed by atoms with E-state index in [4.69, 9.17) is 9.15 Å². The molecule has 204 valence electrons. The average molecular weight is 558 g/mol. The molecule has 3 heterocycles. The minimum Gasteiger partial charge on any atom is -0.466 e. The first-order valence-corrected chi connectivity index (χ1v) is 13.4. The maximum Gasteiger partial charge on any atom is 0.338 e. The highest BCUT2D eigenvalue weighted by molar-refractivity contribution is 7.07. The monoisotopic (exact) mass is 557 g/mol. The predicted octanol–water partition coefficient (Wildman–Crippen LogP) is 4.87. The van der Waals surface area contributed by atoms with E-state index in [0.29, 0.717) is 37.7 Å². The van der Waals surface area contributed by atoms with Gasteiger partial charge in [0.1, 0.15) is 11.5 Å². The third kappa shape index (κ3) is 4.82. The lowest BCUT2D eigenvalue weighted by atomic mass is 9.85. The number of rotatable bonds is 5. The Labute approximate surface area is 233 Å². The van der Waals surface area contributed by atoms with Gasteiger partial charge in [0, 0.05) is 12.1 Å². The molecule has 0 saturated heterocycles. The van der Waals surface area contributed by atoms with Crippen LogP contribution in [0.15, 0.2) is 86.1 Å². The molecule has 0 amide bonds. The Morgan fingerprint density at radius 1 is 1.12 bits per heavy atom. The molecule has 0 bridgehead atoms. The number of para-hydroxylation sites is 1. The summed E-state index contributed by atoms with van der Waals surface area (Å²) in [6, 6.07) is 16.7. The summed E-state index contributed by atoms with van der Waals surface area (Å²) in [6.45, 7) is 8.08. The lowest BCUT2D eigenvalue weighted by molar-refractivity contribution is -0.384. The second kappa shape index (κ2) is 10.2. The molecule has 4 aromatic rings. The summed E-state index contributed by atoms with van der Waals surface area (Å²) >= 11 is 1.17. The number of thiazole rings is 1. The minimum absolute atomic E-state index is 0.0635. The fourth-order valence-corrected chi connectivity index (χ4v) is 5.75. The number of ether oxygens (including phenoxy) is 1. The highest BCUT2D eigenvalue weighted by atomic mass is 32.1. The fourth-order valence-electron chi connectivity index (χ4n) is 4.72. The largest absolute Gasteiger partial charge is 0.466 e. The number of aromatic nitrogens is 1. The Kier molecular flexibility index (Phi) is 6.89. The van der Waals surface area contributed by atoms with Crippen LogP contribution < -0.4 is 14.9 Å². The van der Waals surface area contributed by atoms with Crippen molar-refractivity contribution in [1.82, 2.24) is 4.57 Å². The third-order valence-corrected chi connectivity index (χ3v) is 7.77. The molecule has 40 heavy (non-hydrogen) atoms.